The summed E-state index contributed by atoms with van der Waals surface area (Å²) in [7, 11) is 0. The third-order valence-electron chi connectivity index (χ3n) is 5.15. The van der Waals surface area contributed by atoms with Crippen molar-refractivity contribution < 1.29 is 4.79 Å². The van der Waals surface area contributed by atoms with E-state index in [4.69, 9.17) is 0 Å². The Kier molecular flexibility index (Phi) is 5.29. The highest BCUT2D eigenvalue weighted by Crippen LogP contribution is 2.16. The lowest BCUT2D eigenvalue weighted by atomic mass is 10.1. The topological polar surface area (TPSA) is 66.9 Å². The van der Waals surface area contributed by atoms with E-state index in [0.29, 0.717) is 17.6 Å². The molecule has 0 aliphatic carbocycles. The Morgan fingerprint density at radius 1 is 1.00 bits per heavy atom. The molecule has 0 saturated heterocycles. The molecule has 4 aromatic rings. The second kappa shape index (κ2) is 8.19. The van der Waals surface area contributed by atoms with E-state index in [1.54, 1.807) is 16.7 Å². The van der Waals surface area contributed by atoms with Crippen molar-refractivity contribution in [3.63, 3.8) is 0 Å². The molecular formula is C24H23N3O2. The minimum absolute atomic E-state index is 0.103. The van der Waals surface area contributed by atoms with Crippen LogP contribution in [0.25, 0.3) is 11.0 Å². The van der Waals surface area contributed by atoms with Gasteiger partial charge in [0.05, 0.1) is 17.1 Å². The fourth-order valence-corrected chi connectivity index (χ4v) is 3.52. The lowest BCUT2D eigenvalue weighted by Crippen LogP contribution is -2.26. The van der Waals surface area contributed by atoms with Crippen LogP contribution < -0.4 is 11.0 Å². The van der Waals surface area contributed by atoms with E-state index in [9.17, 15) is 9.59 Å². The SMILES string of the molecule is CC(NC(=O)c1ccc2c(c1)[nH]c(=O)n2CCc1ccccc1)c1ccccc1. The van der Waals surface area contributed by atoms with Crippen LogP contribution in [0.5, 0.6) is 0 Å². The van der Waals surface area contributed by atoms with Crippen LogP contribution in [0.15, 0.2) is 83.7 Å². The summed E-state index contributed by atoms with van der Waals surface area (Å²) in [5, 5.41) is 3.01. The van der Waals surface area contributed by atoms with Gasteiger partial charge in [0, 0.05) is 12.1 Å². The van der Waals surface area contributed by atoms with Gasteiger partial charge in [0.15, 0.2) is 0 Å². The summed E-state index contributed by atoms with van der Waals surface area (Å²) in [4.78, 5) is 27.9. The van der Waals surface area contributed by atoms with Crippen molar-refractivity contribution in [3.05, 3.63) is 106 Å². The third kappa shape index (κ3) is 4.14. The van der Waals surface area contributed by atoms with Gasteiger partial charge in [-0.1, -0.05) is 60.7 Å². The molecule has 4 rings (SSSR count). The summed E-state index contributed by atoms with van der Waals surface area (Å²) in [5.74, 6) is -0.166. The monoisotopic (exact) mass is 385 g/mol. The first kappa shape index (κ1) is 18.7. The highest BCUT2D eigenvalue weighted by molar-refractivity contribution is 5.97. The van der Waals surface area contributed by atoms with E-state index in [1.807, 2.05) is 61.5 Å². The standard InChI is InChI=1S/C24H23N3O2/c1-17(19-10-6-3-7-11-19)25-23(28)20-12-13-22-21(16-20)26-24(29)27(22)15-14-18-8-4-2-5-9-18/h2-13,16-17H,14-15H2,1H3,(H,25,28)(H,26,29). The number of aryl methyl sites for hydroxylation is 2. The number of hydrogen-bond donors (Lipinski definition) is 2. The molecule has 1 aromatic heterocycles. The van der Waals surface area contributed by atoms with Crippen molar-refractivity contribution in [2.24, 2.45) is 0 Å². The van der Waals surface area contributed by atoms with Crippen LogP contribution >= 0.6 is 0 Å². The van der Waals surface area contributed by atoms with Gasteiger partial charge in [0.2, 0.25) is 0 Å². The first-order chi connectivity index (χ1) is 14.1. The van der Waals surface area contributed by atoms with Crippen molar-refractivity contribution in [1.82, 2.24) is 14.9 Å². The molecule has 0 spiro atoms. The van der Waals surface area contributed by atoms with Crippen molar-refractivity contribution in [2.45, 2.75) is 25.9 Å². The zero-order valence-electron chi connectivity index (χ0n) is 16.3. The first-order valence-corrected chi connectivity index (χ1v) is 9.74. The molecule has 5 nitrogen and oxygen atoms in total. The zero-order valence-corrected chi connectivity index (χ0v) is 16.3. The first-order valence-electron chi connectivity index (χ1n) is 9.74. The molecule has 1 heterocycles. The minimum atomic E-state index is -0.166. The van der Waals surface area contributed by atoms with Gasteiger partial charge in [-0.05, 0) is 42.7 Å². The lowest BCUT2D eigenvalue weighted by molar-refractivity contribution is 0.0940. The summed E-state index contributed by atoms with van der Waals surface area (Å²) < 4.78 is 1.72. The van der Waals surface area contributed by atoms with Gasteiger partial charge in [-0.3, -0.25) is 9.36 Å². The predicted octanol–water partition coefficient (Wildman–Crippen LogP) is 4.06. The number of aromatic amines is 1. The van der Waals surface area contributed by atoms with E-state index in [0.717, 1.165) is 17.5 Å². The summed E-state index contributed by atoms with van der Waals surface area (Å²) in [6.45, 7) is 2.53. The average Bonchev–Trinajstić information content (AvgIpc) is 3.07. The molecule has 0 bridgehead atoms. The van der Waals surface area contributed by atoms with Crippen molar-refractivity contribution in [1.29, 1.82) is 0 Å². The Bertz CT molecular complexity index is 1180. The molecule has 3 aromatic carbocycles. The summed E-state index contributed by atoms with van der Waals surface area (Å²) in [6.07, 6.45) is 0.768. The van der Waals surface area contributed by atoms with Crippen LogP contribution in [0, 0.1) is 0 Å². The van der Waals surface area contributed by atoms with Gasteiger partial charge < -0.3 is 10.3 Å². The summed E-state index contributed by atoms with van der Waals surface area (Å²) in [5.41, 5.74) is 4.06. The van der Waals surface area contributed by atoms with Crippen LogP contribution in [-0.4, -0.2) is 15.5 Å². The second-order valence-corrected chi connectivity index (χ2v) is 7.16. The van der Waals surface area contributed by atoms with E-state index in [-0.39, 0.29) is 17.6 Å². The van der Waals surface area contributed by atoms with Crippen molar-refractivity contribution in [2.75, 3.05) is 0 Å². The predicted molar refractivity (Wildman–Crippen MR) is 115 cm³/mol. The van der Waals surface area contributed by atoms with Crippen LogP contribution in [-0.2, 0) is 13.0 Å². The fourth-order valence-electron chi connectivity index (χ4n) is 3.52. The maximum absolute atomic E-state index is 12.7. The Morgan fingerprint density at radius 2 is 1.69 bits per heavy atom. The number of aromatic nitrogens is 2. The molecule has 1 unspecified atom stereocenters. The number of nitrogens with zero attached hydrogens (tertiary/aromatic N) is 1. The molecule has 1 atom stereocenters. The molecule has 1 amide bonds. The lowest BCUT2D eigenvalue weighted by Gasteiger charge is -2.14. The molecule has 0 aliphatic heterocycles. The molecule has 0 fully saturated rings. The molecule has 2 N–H and O–H groups in total. The summed E-state index contributed by atoms with van der Waals surface area (Å²) >= 11 is 0. The average molecular weight is 385 g/mol. The highest BCUT2D eigenvalue weighted by Gasteiger charge is 2.14. The van der Waals surface area contributed by atoms with E-state index < -0.39 is 0 Å². The number of fused-ring (bicyclic) bond motifs is 1. The third-order valence-corrected chi connectivity index (χ3v) is 5.15. The zero-order chi connectivity index (χ0) is 20.2. The van der Waals surface area contributed by atoms with E-state index in [1.165, 1.54) is 5.56 Å². The number of amides is 1. The Balaban J connectivity index is 1.52. The number of H-pyrrole nitrogens is 1. The number of nitrogens with one attached hydrogen (secondary N) is 2. The number of benzene rings is 3. The normalized spacial score (nSPS) is 12.0. The van der Waals surface area contributed by atoms with Gasteiger partial charge >= 0.3 is 5.69 Å². The quantitative estimate of drug-likeness (QED) is 0.526. The highest BCUT2D eigenvalue weighted by atomic mass is 16.2. The number of rotatable bonds is 6. The summed E-state index contributed by atoms with van der Waals surface area (Å²) in [6, 6.07) is 25.1. The number of carbonyl (C=O) groups excluding carboxylic acids is 1. The van der Waals surface area contributed by atoms with Gasteiger partial charge in [0.1, 0.15) is 0 Å². The van der Waals surface area contributed by atoms with Gasteiger partial charge in [-0.15, -0.1) is 0 Å². The maximum Gasteiger partial charge on any atom is 0.326 e. The van der Waals surface area contributed by atoms with E-state index >= 15 is 0 Å². The largest absolute Gasteiger partial charge is 0.346 e. The maximum atomic E-state index is 12.7. The van der Waals surface area contributed by atoms with Crippen molar-refractivity contribution >= 4 is 16.9 Å². The molecule has 0 radical (unpaired) electrons. The molecule has 0 saturated carbocycles. The minimum Gasteiger partial charge on any atom is -0.346 e. The van der Waals surface area contributed by atoms with Crippen LogP contribution in [0.4, 0.5) is 0 Å². The molecule has 0 aliphatic rings. The van der Waals surface area contributed by atoms with E-state index in [2.05, 4.69) is 22.4 Å². The molecule has 29 heavy (non-hydrogen) atoms. The number of hydrogen-bond acceptors (Lipinski definition) is 2. The van der Waals surface area contributed by atoms with Gasteiger partial charge in [0.25, 0.3) is 5.91 Å². The van der Waals surface area contributed by atoms with Crippen LogP contribution in [0.3, 0.4) is 0 Å². The van der Waals surface area contributed by atoms with Crippen LogP contribution in [0.2, 0.25) is 0 Å². The second-order valence-electron chi connectivity index (χ2n) is 7.16. The van der Waals surface area contributed by atoms with Crippen LogP contribution in [0.1, 0.15) is 34.5 Å². The molecule has 5 heteroatoms. The fraction of sp³-hybridized carbons (Fsp3) is 0.167. The van der Waals surface area contributed by atoms with Crippen molar-refractivity contribution in [3.8, 4) is 0 Å². The Hall–Kier alpha value is -3.60. The van der Waals surface area contributed by atoms with Gasteiger partial charge in [-0.25, -0.2) is 4.79 Å². The molecule has 146 valence electrons. The number of imidazole rings is 1. The Morgan fingerprint density at radius 3 is 2.41 bits per heavy atom. The Labute approximate surface area is 169 Å². The smallest absolute Gasteiger partial charge is 0.326 e. The number of carbonyl (C=O) groups is 1. The molecular weight excluding hydrogens is 362 g/mol. The van der Waals surface area contributed by atoms with Gasteiger partial charge in [-0.2, -0.15) is 0 Å².